The van der Waals surface area contributed by atoms with Gasteiger partial charge in [0.2, 0.25) is 0 Å². The number of aryl methyl sites for hydroxylation is 1. The SMILES string of the molecule is Cc1ccc(C(=O)NC2CCCCCC2)cc1F. The number of carbonyl (C=O) groups is 1. The molecular weight excluding hydrogens is 229 g/mol. The highest BCUT2D eigenvalue weighted by molar-refractivity contribution is 5.94. The molecule has 0 atom stereocenters. The Morgan fingerprint density at radius 1 is 1.22 bits per heavy atom. The van der Waals surface area contributed by atoms with E-state index in [1.54, 1.807) is 19.1 Å². The van der Waals surface area contributed by atoms with Crippen LogP contribution < -0.4 is 5.32 Å². The maximum absolute atomic E-state index is 13.4. The molecule has 1 amide bonds. The maximum Gasteiger partial charge on any atom is 0.251 e. The normalized spacial score (nSPS) is 17.2. The minimum absolute atomic E-state index is 0.152. The average Bonchev–Trinajstić information content (AvgIpc) is 2.61. The number of benzene rings is 1. The van der Waals surface area contributed by atoms with Crippen LogP contribution in [0, 0.1) is 12.7 Å². The molecule has 0 heterocycles. The number of nitrogens with one attached hydrogen (secondary N) is 1. The summed E-state index contributed by atoms with van der Waals surface area (Å²) in [5.41, 5.74) is 0.989. The van der Waals surface area contributed by atoms with Gasteiger partial charge in [-0.3, -0.25) is 4.79 Å². The third-order valence-corrected chi connectivity index (χ3v) is 3.62. The molecule has 0 saturated heterocycles. The van der Waals surface area contributed by atoms with E-state index in [2.05, 4.69) is 5.32 Å². The zero-order valence-electron chi connectivity index (χ0n) is 10.8. The van der Waals surface area contributed by atoms with Gasteiger partial charge in [0.25, 0.3) is 5.91 Å². The van der Waals surface area contributed by atoms with Crippen molar-refractivity contribution in [2.75, 3.05) is 0 Å². The van der Waals surface area contributed by atoms with Gasteiger partial charge in [-0.2, -0.15) is 0 Å². The summed E-state index contributed by atoms with van der Waals surface area (Å²) >= 11 is 0. The summed E-state index contributed by atoms with van der Waals surface area (Å²) in [5.74, 6) is -0.468. The summed E-state index contributed by atoms with van der Waals surface area (Å²) in [6.45, 7) is 1.70. The fourth-order valence-electron chi connectivity index (χ4n) is 2.43. The van der Waals surface area contributed by atoms with Gasteiger partial charge in [-0.05, 0) is 37.5 Å². The molecule has 0 spiro atoms. The predicted octanol–water partition coefficient (Wildman–Crippen LogP) is 3.59. The van der Waals surface area contributed by atoms with Crippen LogP contribution in [0.25, 0.3) is 0 Å². The average molecular weight is 249 g/mol. The molecule has 0 bridgehead atoms. The second kappa shape index (κ2) is 5.98. The number of hydrogen-bond acceptors (Lipinski definition) is 1. The molecule has 3 heteroatoms. The van der Waals surface area contributed by atoms with E-state index in [1.807, 2.05) is 0 Å². The first-order chi connectivity index (χ1) is 8.66. The number of hydrogen-bond donors (Lipinski definition) is 1. The van der Waals surface area contributed by atoms with E-state index in [1.165, 1.54) is 31.7 Å². The van der Waals surface area contributed by atoms with Crippen molar-refractivity contribution in [3.05, 3.63) is 35.1 Å². The van der Waals surface area contributed by atoms with Crippen molar-refractivity contribution in [2.24, 2.45) is 0 Å². The van der Waals surface area contributed by atoms with Crippen molar-refractivity contribution in [3.8, 4) is 0 Å². The van der Waals surface area contributed by atoms with Gasteiger partial charge in [-0.15, -0.1) is 0 Å². The Balaban J connectivity index is 1.99. The van der Waals surface area contributed by atoms with Crippen molar-refractivity contribution < 1.29 is 9.18 Å². The largest absolute Gasteiger partial charge is 0.349 e. The lowest BCUT2D eigenvalue weighted by Crippen LogP contribution is -2.34. The Labute approximate surface area is 108 Å². The highest BCUT2D eigenvalue weighted by Crippen LogP contribution is 2.18. The van der Waals surface area contributed by atoms with Gasteiger partial charge in [0.1, 0.15) is 5.82 Å². The maximum atomic E-state index is 13.4. The molecule has 0 unspecified atom stereocenters. The second-order valence-corrected chi connectivity index (χ2v) is 5.13. The number of rotatable bonds is 2. The molecule has 0 aliphatic heterocycles. The van der Waals surface area contributed by atoms with Gasteiger partial charge in [0.05, 0.1) is 0 Å². The minimum atomic E-state index is -0.316. The smallest absolute Gasteiger partial charge is 0.251 e. The van der Waals surface area contributed by atoms with Gasteiger partial charge >= 0.3 is 0 Å². The highest BCUT2D eigenvalue weighted by Gasteiger charge is 2.16. The molecule has 98 valence electrons. The zero-order chi connectivity index (χ0) is 13.0. The number of amides is 1. The summed E-state index contributed by atoms with van der Waals surface area (Å²) in [5, 5.41) is 3.02. The molecule has 2 rings (SSSR count). The fraction of sp³-hybridized carbons (Fsp3) is 0.533. The summed E-state index contributed by atoms with van der Waals surface area (Å²) < 4.78 is 13.4. The van der Waals surface area contributed by atoms with E-state index in [0.717, 1.165) is 12.8 Å². The monoisotopic (exact) mass is 249 g/mol. The van der Waals surface area contributed by atoms with Crippen LogP contribution in [0.2, 0.25) is 0 Å². The van der Waals surface area contributed by atoms with Gasteiger partial charge < -0.3 is 5.32 Å². The Morgan fingerprint density at radius 2 is 1.89 bits per heavy atom. The van der Waals surface area contributed by atoms with E-state index in [-0.39, 0.29) is 17.8 Å². The summed E-state index contributed by atoms with van der Waals surface area (Å²) in [7, 11) is 0. The molecule has 1 fully saturated rings. The Morgan fingerprint density at radius 3 is 2.50 bits per heavy atom. The van der Waals surface area contributed by atoms with Crippen LogP contribution in [0.15, 0.2) is 18.2 Å². The van der Waals surface area contributed by atoms with E-state index >= 15 is 0 Å². The molecule has 1 saturated carbocycles. The van der Waals surface area contributed by atoms with Crippen LogP contribution in [0.4, 0.5) is 4.39 Å². The molecule has 0 aromatic heterocycles. The summed E-state index contributed by atoms with van der Waals surface area (Å²) in [6.07, 6.45) is 6.94. The standard InChI is InChI=1S/C15H20FNO/c1-11-8-9-12(10-14(11)16)15(18)17-13-6-4-2-3-5-7-13/h8-10,13H,2-7H2,1H3,(H,17,18). The summed E-state index contributed by atoms with van der Waals surface area (Å²) in [6, 6.07) is 4.91. The lowest BCUT2D eigenvalue weighted by atomic mass is 10.1. The zero-order valence-corrected chi connectivity index (χ0v) is 10.8. The third kappa shape index (κ3) is 3.31. The quantitative estimate of drug-likeness (QED) is 0.797. The van der Waals surface area contributed by atoms with Gasteiger partial charge in [-0.1, -0.05) is 31.7 Å². The van der Waals surface area contributed by atoms with E-state index in [9.17, 15) is 9.18 Å². The molecule has 1 N–H and O–H groups in total. The topological polar surface area (TPSA) is 29.1 Å². The van der Waals surface area contributed by atoms with Crippen molar-refractivity contribution in [3.63, 3.8) is 0 Å². The molecule has 1 aromatic rings. The third-order valence-electron chi connectivity index (χ3n) is 3.62. The molecule has 18 heavy (non-hydrogen) atoms. The Kier molecular flexibility index (Phi) is 4.34. The fourth-order valence-corrected chi connectivity index (χ4v) is 2.43. The highest BCUT2D eigenvalue weighted by atomic mass is 19.1. The van der Waals surface area contributed by atoms with Crippen LogP contribution in [0.3, 0.4) is 0 Å². The van der Waals surface area contributed by atoms with E-state index in [4.69, 9.17) is 0 Å². The van der Waals surface area contributed by atoms with Crippen LogP contribution in [0.5, 0.6) is 0 Å². The van der Waals surface area contributed by atoms with Crippen molar-refractivity contribution >= 4 is 5.91 Å². The number of halogens is 1. The first-order valence-electron chi connectivity index (χ1n) is 6.74. The predicted molar refractivity (Wildman–Crippen MR) is 70.1 cm³/mol. The van der Waals surface area contributed by atoms with Gasteiger partial charge in [0.15, 0.2) is 0 Å². The van der Waals surface area contributed by atoms with Gasteiger partial charge in [0, 0.05) is 11.6 Å². The molecule has 1 aliphatic carbocycles. The second-order valence-electron chi connectivity index (χ2n) is 5.13. The molecule has 1 aromatic carbocycles. The van der Waals surface area contributed by atoms with Crippen molar-refractivity contribution in [1.82, 2.24) is 5.32 Å². The van der Waals surface area contributed by atoms with E-state index in [0.29, 0.717) is 11.1 Å². The minimum Gasteiger partial charge on any atom is -0.349 e. The molecular formula is C15H20FNO. The molecule has 2 nitrogen and oxygen atoms in total. The van der Waals surface area contributed by atoms with Crippen LogP contribution >= 0.6 is 0 Å². The lowest BCUT2D eigenvalue weighted by molar-refractivity contribution is 0.0933. The molecule has 1 aliphatic rings. The first-order valence-corrected chi connectivity index (χ1v) is 6.74. The first kappa shape index (κ1) is 13.1. The lowest BCUT2D eigenvalue weighted by Gasteiger charge is -2.16. The van der Waals surface area contributed by atoms with Gasteiger partial charge in [-0.25, -0.2) is 4.39 Å². The molecule has 0 radical (unpaired) electrons. The summed E-state index contributed by atoms with van der Waals surface area (Å²) in [4.78, 5) is 12.0. The van der Waals surface area contributed by atoms with Crippen molar-refractivity contribution in [2.45, 2.75) is 51.5 Å². The van der Waals surface area contributed by atoms with Crippen molar-refractivity contribution in [1.29, 1.82) is 0 Å². The van der Waals surface area contributed by atoms with Crippen LogP contribution in [-0.4, -0.2) is 11.9 Å². The van der Waals surface area contributed by atoms with Crippen LogP contribution in [0.1, 0.15) is 54.4 Å². The Hall–Kier alpha value is -1.38. The van der Waals surface area contributed by atoms with Crippen LogP contribution in [-0.2, 0) is 0 Å². The number of carbonyl (C=O) groups excluding carboxylic acids is 1. The Bertz CT molecular complexity index is 423. The van der Waals surface area contributed by atoms with E-state index < -0.39 is 0 Å².